The Morgan fingerprint density at radius 2 is 1.63 bits per heavy atom. The van der Waals surface area contributed by atoms with Gasteiger partial charge >= 0.3 is 29.2 Å². The molecular weight excluding hydrogens is 635 g/mol. The average Bonchev–Trinajstić information content (AvgIpc) is 3.44. The minimum absolute atomic E-state index is 0.225. The fourth-order valence-electron chi connectivity index (χ4n) is 3.69. The first-order chi connectivity index (χ1) is 19.1. The van der Waals surface area contributed by atoms with E-state index in [1.54, 1.807) is 6.20 Å². The van der Waals surface area contributed by atoms with Gasteiger partial charge in [-0.05, 0) is 5.56 Å². The molecule has 3 aromatic rings. The molecule has 41 heavy (non-hydrogen) atoms. The van der Waals surface area contributed by atoms with E-state index in [1.165, 1.54) is 11.3 Å². The number of benzene rings is 1. The summed E-state index contributed by atoms with van der Waals surface area (Å²) in [4.78, 5) is 66.7. The first kappa shape index (κ1) is 31.7. The quantitative estimate of drug-likeness (QED) is 0.150. The standard InChI is InChI=1S/C19H22N3O15P3S/c23-15-6-7-21(19(26)22(15)9-14-20-8-13(41-14)11-4-2-1-3-5-11)18-17(25)16(24)12(35-18)10-34-39(30,31)37-40(32,33)36-38(27,28)29/h1-8,12,16-18,24-25H,9-10H2,(H,30,31)(H,32,33)(H2,27,28,29)/t12-,16?,17?,18-/m1/s1. The number of nitrogens with zero attached hydrogens (tertiary/aromatic N) is 3. The molecule has 1 aliphatic rings. The van der Waals surface area contributed by atoms with Gasteiger partial charge in [-0.1, -0.05) is 30.3 Å². The van der Waals surface area contributed by atoms with Gasteiger partial charge in [-0.3, -0.25) is 18.5 Å². The second-order valence-corrected chi connectivity index (χ2v) is 13.9. The third-order valence-electron chi connectivity index (χ3n) is 5.43. The molecule has 18 nitrogen and oxygen atoms in total. The van der Waals surface area contributed by atoms with Gasteiger partial charge in [-0.2, -0.15) is 8.62 Å². The fraction of sp³-hybridized carbons (Fsp3) is 0.316. The normalized spacial score (nSPS) is 24.1. The van der Waals surface area contributed by atoms with Crippen LogP contribution in [0.2, 0.25) is 0 Å². The second-order valence-electron chi connectivity index (χ2n) is 8.35. The van der Waals surface area contributed by atoms with Crippen LogP contribution in [0.4, 0.5) is 0 Å². The Labute approximate surface area is 233 Å². The molecule has 22 heteroatoms. The molecule has 0 radical (unpaired) electrons. The van der Waals surface area contributed by atoms with Gasteiger partial charge in [-0.15, -0.1) is 11.3 Å². The molecule has 4 unspecified atom stereocenters. The van der Waals surface area contributed by atoms with Crippen LogP contribution in [0.15, 0.2) is 58.4 Å². The number of phosphoric ester groups is 1. The van der Waals surface area contributed by atoms with Crippen LogP contribution in [0.5, 0.6) is 0 Å². The molecule has 1 aliphatic heterocycles. The van der Waals surface area contributed by atoms with Crippen LogP contribution in [0.1, 0.15) is 11.2 Å². The van der Waals surface area contributed by atoms with E-state index in [2.05, 4.69) is 18.1 Å². The third kappa shape index (κ3) is 8.01. The molecule has 1 fully saturated rings. The smallest absolute Gasteiger partial charge is 0.387 e. The Bertz CT molecular complexity index is 1650. The molecule has 0 aliphatic carbocycles. The predicted molar refractivity (Wildman–Crippen MR) is 137 cm³/mol. The van der Waals surface area contributed by atoms with Crippen LogP contribution in [0.25, 0.3) is 10.4 Å². The van der Waals surface area contributed by atoms with Crippen LogP contribution in [-0.2, 0) is 38.1 Å². The van der Waals surface area contributed by atoms with E-state index in [0.29, 0.717) is 5.01 Å². The lowest BCUT2D eigenvalue weighted by molar-refractivity contribution is -0.0547. The van der Waals surface area contributed by atoms with Crippen molar-refractivity contribution in [1.82, 2.24) is 14.1 Å². The van der Waals surface area contributed by atoms with Crippen LogP contribution >= 0.6 is 34.8 Å². The van der Waals surface area contributed by atoms with Crippen molar-refractivity contribution in [2.45, 2.75) is 31.1 Å². The number of aliphatic hydroxyl groups excluding tert-OH is 2. The molecule has 0 saturated carbocycles. The summed E-state index contributed by atoms with van der Waals surface area (Å²) in [6, 6.07) is 10.3. The van der Waals surface area contributed by atoms with Gasteiger partial charge in [0, 0.05) is 18.5 Å². The highest BCUT2D eigenvalue weighted by Crippen LogP contribution is 2.66. The number of hydrogen-bond donors (Lipinski definition) is 6. The predicted octanol–water partition coefficient (Wildman–Crippen LogP) is 0.144. The van der Waals surface area contributed by atoms with Gasteiger partial charge in [0.15, 0.2) is 6.23 Å². The molecule has 0 spiro atoms. The van der Waals surface area contributed by atoms with Crippen molar-refractivity contribution in [3.8, 4) is 10.4 Å². The van der Waals surface area contributed by atoms with Crippen molar-refractivity contribution in [3.63, 3.8) is 0 Å². The van der Waals surface area contributed by atoms with Crippen LogP contribution < -0.4 is 11.2 Å². The van der Waals surface area contributed by atoms with Crippen molar-refractivity contribution in [2.24, 2.45) is 0 Å². The zero-order chi connectivity index (χ0) is 30.2. The number of ether oxygens (including phenoxy) is 1. The number of aliphatic hydroxyl groups is 2. The fourth-order valence-corrected chi connectivity index (χ4v) is 7.63. The first-order valence-corrected chi connectivity index (χ1v) is 16.5. The van der Waals surface area contributed by atoms with Gasteiger partial charge in [-0.25, -0.2) is 23.5 Å². The van der Waals surface area contributed by atoms with Gasteiger partial charge in [0.25, 0.3) is 5.56 Å². The van der Waals surface area contributed by atoms with E-state index < -0.39 is 65.9 Å². The Morgan fingerprint density at radius 3 is 2.29 bits per heavy atom. The number of aromatic nitrogens is 3. The lowest BCUT2D eigenvalue weighted by Gasteiger charge is -2.19. The van der Waals surface area contributed by atoms with Gasteiger partial charge in [0.1, 0.15) is 23.3 Å². The maximum Gasteiger partial charge on any atom is 0.490 e. The van der Waals surface area contributed by atoms with E-state index in [4.69, 9.17) is 14.5 Å². The van der Waals surface area contributed by atoms with E-state index in [1.807, 2.05) is 30.3 Å². The Kier molecular flexibility index (Phi) is 9.45. The molecule has 6 N–H and O–H groups in total. The van der Waals surface area contributed by atoms with Crippen LogP contribution in [0, 0.1) is 0 Å². The van der Waals surface area contributed by atoms with Crippen molar-refractivity contribution >= 4 is 34.8 Å². The summed E-state index contributed by atoms with van der Waals surface area (Å²) >= 11 is 1.24. The summed E-state index contributed by atoms with van der Waals surface area (Å²) < 4.78 is 52.8. The highest BCUT2D eigenvalue weighted by Gasteiger charge is 2.47. The summed E-state index contributed by atoms with van der Waals surface area (Å²) in [5.41, 5.74) is -0.758. The zero-order valence-corrected chi connectivity index (χ0v) is 23.8. The monoisotopic (exact) mass is 657 g/mol. The van der Waals surface area contributed by atoms with E-state index in [0.717, 1.165) is 31.8 Å². The Hall–Kier alpha value is -2.18. The Balaban J connectivity index is 1.48. The van der Waals surface area contributed by atoms with E-state index >= 15 is 0 Å². The minimum Gasteiger partial charge on any atom is -0.387 e. The summed E-state index contributed by atoms with van der Waals surface area (Å²) in [6.07, 6.45) is -4.31. The highest BCUT2D eigenvalue weighted by molar-refractivity contribution is 7.66. The van der Waals surface area contributed by atoms with Gasteiger partial charge in [0.05, 0.1) is 18.0 Å². The molecule has 0 bridgehead atoms. The van der Waals surface area contributed by atoms with Crippen LogP contribution in [-0.4, -0.2) is 68.8 Å². The molecule has 3 heterocycles. The van der Waals surface area contributed by atoms with Crippen molar-refractivity contribution in [3.05, 3.63) is 74.6 Å². The minimum atomic E-state index is -5.78. The van der Waals surface area contributed by atoms with Crippen molar-refractivity contribution < 1.29 is 61.4 Å². The lowest BCUT2D eigenvalue weighted by Crippen LogP contribution is -2.43. The average molecular weight is 657 g/mol. The molecule has 1 aromatic carbocycles. The van der Waals surface area contributed by atoms with E-state index in [9.17, 15) is 43.3 Å². The molecule has 224 valence electrons. The van der Waals surface area contributed by atoms with E-state index in [-0.39, 0.29) is 6.54 Å². The molecule has 2 aromatic heterocycles. The van der Waals surface area contributed by atoms with Crippen molar-refractivity contribution in [1.29, 1.82) is 0 Å². The zero-order valence-electron chi connectivity index (χ0n) is 20.3. The number of phosphoric acid groups is 3. The maximum atomic E-state index is 13.2. The topological polar surface area (TPSA) is 266 Å². The summed E-state index contributed by atoms with van der Waals surface area (Å²) in [5, 5.41) is 21.2. The highest BCUT2D eigenvalue weighted by atomic mass is 32.1. The third-order valence-corrected chi connectivity index (χ3v) is 10.3. The number of thiazole rings is 1. The largest absolute Gasteiger partial charge is 0.490 e. The van der Waals surface area contributed by atoms with Crippen molar-refractivity contribution in [2.75, 3.05) is 6.61 Å². The SMILES string of the molecule is O=c1ccn([C@@H]2O[C@H](COP(=O)(O)OP(=O)(O)OP(=O)(O)O)C(O)C2O)c(=O)n1Cc1ncc(-c2ccccc2)s1. The molecular formula is C19H22N3O15P3S. The van der Waals surface area contributed by atoms with Gasteiger partial charge in [0.2, 0.25) is 0 Å². The van der Waals surface area contributed by atoms with Gasteiger partial charge < -0.3 is 34.5 Å². The second kappa shape index (κ2) is 12.2. The first-order valence-electron chi connectivity index (χ1n) is 11.2. The Morgan fingerprint density at radius 1 is 0.951 bits per heavy atom. The molecule has 6 atom stereocenters. The van der Waals surface area contributed by atoms with Crippen LogP contribution in [0.3, 0.4) is 0 Å². The summed E-state index contributed by atoms with van der Waals surface area (Å²) in [7, 11) is -16.9. The number of rotatable bonds is 11. The number of hydrogen-bond acceptors (Lipinski definition) is 13. The molecule has 4 rings (SSSR count). The lowest BCUT2D eigenvalue weighted by atomic mass is 10.1. The summed E-state index contributed by atoms with van der Waals surface area (Å²) in [6.45, 7) is -1.30. The maximum absolute atomic E-state index is 13.2. The molecule has 1 saturated heterocycles. The molecule has 0 amide bonds. The summed E-state index contributed by atoms with van der Waals surface area (Å²) in [5.74, 6) is 0.